The molecule has 148 valence electrons. The van der Waals surface area contributed by atoms with E-state index in [0.717, 1.165) is 46.2 Å². The third-order valence-electron chi connectivity index (χ3n) is 4.94. The fraction of sp³-hybridized carbons (Fsp3) is 0.450. The monoisotopic (exact) mass is 417 g/mol. The van der Waals surface area contributed by atoms with Crippen LogP contribution >= 0.6 is 22.9 Å². The van der Waals surface area contributed by atoms with Gasteiger partial charge in [-0.25, -0.2) is 4.68 Å². The second kappa shape index (κ2) is 7.72. The first kappa shape index (κ1) is 19.2. The topological polar surface area (TPSA) is 63.1 Å². The number of piperidine rings is 1. The van der Waals surface area contributed by atoms with E-state index in [-0.39, 0.29) is 17.9 Å². The highest BCUT2D eigenvalue weighted by Gasteiger charge is 2.28. The highest BCUT2D eigenvalue weighted by atomic mass is 35.5. The van der Waals surface area contributed by atoms with Crippen molar-refractivity contribution in [2.24, 2.45) is 5.92 Å². The Morgan fingerprint density at radius 3 is 2.79 bits per heavy atom. The molecule has 1 aliphatic heterocycles. The molecule has 1 fully saturated rings. The number of hydrogen-bond donors (Lipinski definition) is 1. The van der Waals surface area contributed by atoms with Crippen LogP contribution < -0.4 is 10.2 Å². The number of rotatable bonds is 4. The average Bonchev–Trinajstić information content (AvgIpc) is 3.23. The van der Waals surface area contributed by atoms with Gasteiger partial charge in [0.15, 0.2) is 10.8 Å². The number of carbonyl (C=O) groups excluding carboxylic acids is 1. The number of aryl methyl sites for hydroxylation is 1. The Bertz CT molecular complexity index is 994. The zero-order chi connectivity index (χ0) is 19.8. The van der Waals surface area contributed by atoms with Gasteiger partial charge in [0.25, 0.3) is 0 Å². The van der Waals surface area contributed by atoms with Crippen molar-refractivity contribution < 1.29 is 4.79 Å². The van der Waals surface area contributed by atoms with Gasteiger partial charge in [-0.3, -0.25) is 4.79 Å². The molecule has 8 heteroatoms. The second-order valence-corrected chi connectivity index (χ2v) is 8.99. The van der Waals surface area contributed by atoms with Crippen molar-refractivity contribution in [1.82, 2.24) is 20.1 Å². The molecule has 3 aromatic rings. The summed E-state index contributed by atoms with van der Waals surface area (Å²) in [5, 5.41) is 9.35. The van der Waals surface area contributed by atoms with E-state index in [0.29, 0.717) is 11.6 Å². The molecule has 2 aromatic heterocycles. The molecule has 28 heavy (non-hydrogen) atoms. The SMILES string of the molecule is Cc1nn(-c2ccc(Cl)cc2)c2nc(N3CCCC(C(=O)NC(C)C)C3)sc12. The molecule has 1 aromatic carbocycles. The molecule has 1 N–H and O–H groups in total. The summed E-state index contributed by atoms with van der Waals surface area (Å²) in [6, 6.07) is 7.77. The molecule has 1 saturated heterocycles. The quantitative estimate of drug-likeness (QED) is 0.691. The van der Waals surface area contributed by atoms with Gasteiger partial charge in [0.2, 0.25) is 5.91 Å². The molecule has 0 saturated carbocycles. The predicted octanol–water partition coefficient (Wildman–Crippen LogP) is 4.18. The highest BCUT2D eigenvalue weighted by molar-refractivity contribution is 7.22. The number of thiazole rings is 1. The standard InChI is InChI=1S/C20H24ClN5OS/c1-12(2)22-19(27)14-5-4-10-25(11-14)20-23-18-17(28-20)13(3)24-26(18)16-8-6-15(21)7-9-16/h6-9,12,14H,4-5,10-11H2,1-3H3,(H,22,27). The number of benzene rings is 1. The van der Waals surface area contributed by atoms with Crippen LogP contribution in [0.5, 0.6) is 0 Å². The van der Waals surface area contributed by atoms with E-state index < -0.39 is 0 Å². The summed E-state index contributed by atoms with van der Waals surface area (Å²) in [4.78, 5) is 19.6. The third-order valence-corrected chi connectivity index (χ3v) is 6.41. The molecule has 1 atom stereocenters. The van der Waals surface area contributed by atoms with Crippen LogP contribution in [0.25, 0.3) is 16.0 Å². The van der Waals surface area contributed by atoms with Crippen molar-refractivity contribution in [2.45, 2.75) is 39.7 Å². The minimum atomic E-state index is 0.0111. The van der Waals surface area contributed by atoms with Crippen LogP contribution in [-0.2, 0) is 4.79 Å². The Morgan fingerprint density at radius 2 is 2.07 bits per heavy atom. The molecule has 3 heterocycles. The van der Waals surface area contributed by atoms with Gasteiger partial charge in [-0.05, 0) is 57.9 Å². The summed E-state index contributed by atoms with van der Waals surface area (Å²) in [6.45, 7) is 7.64. The predicted molar refractivity (Wildman–Crippen MR) is 115 cm³/mol. The van der Waals surface area contributed by atoms with Crippen molar-refractivity contribution >= 4 is 44.3 Å². The first-order valence-electron chi connectivity index (χ1n) is 9.60. The Morgan fingerprint density at radius 1 is 1.32 bits per heavy atom. The summed E-state index contributed by atoms with van der Waals surface area (Å²) in [7, 11) is 0. The maximum absolute atomic E-state index is 12.4. The lowest BCUT2D eigenvalue weighted by atomic mass is 9.97. The number of hydrogen-bond acceptors (Lipinski definition) is 5. The van der Waals surface area contributed by atoms with Crippen molar-refractivity contribution in [3.05, 3.63) is 35.0 Å². The summed E-state index contributed by atoms with van der Waals surface area (Å²) >= 11 is 7.67. The van der Waals surface area contributed by atoms with Crippen LogP contribution in [0.15, 0.2) is 24.3 Å². The number of anilines is 1. The zero-order valence-corrected chi connectivity index (χ0v) is 17.8. The largest absolute Gasteiger partial charge is 0.354 e. The molecule has 0 aliphatic carbocycles. The summed E-state index contributed by atoms with van der Waals surface area (Å²) in [5.74, 6) is 0.154. The number of halogens is 1. The minimum absolute atomic E-state index is 0.0111. The van der Waals surface area contributed by atoms with Gasteiger partial charge in [0, 0.05) is 24.2 Å². The fourth-order valence-electron chi connectivity index (χ4n) is 3.59. The molecule has 0 bridgehead atoms. The van der Waals surface area contributed by atoms with Crippen molar-refractivity contribution in [3.8, 4) is 5.69 Å². The maximum atomic E-state index is 12.4. The molecule has 1 amide bonds. The lowest BCUT2D eigenvalue weighted by Crippen LogP contribution is -2.44. The van der Waals surface area contributed by atoms with E-state index in [2.05, 4.69) is 15.3 Å². The lowest BCUT2D eigenvalue weighted by molar-refractivity contribution is -0.125. The van der Waals surface area contributed by atoms with Crippen LogP contribution in [0, 0.1) is 12.8 Å². The molecule has 6 nitrogen and oxygen atoms in total. The van der Waals surface area contributed by atoms with E-state index in [1.54, 1.807) is 11.3 Å². The van der Waals surface area contributed by atoms with Gasteiger partial charge in [-0.1, -0.05) is 22.9 Å². The van der Waals surface area contributed by atoms with Crippen LogP contribution in [0.1, 0.15) is 32.4 Å². The van der Waals surface area contributed by atoms with Gasteiger partial charge in [0.05, 0.1) is 22.0 Å². The smallest absolute Gasteiger partial charge is 0.225 e. The Balaban J connectivity index is 1.62. The van der Waals surface area contributed by atoms with Gasteiger partial charge < -0.3 is 10.2 Å². The van der Waals surface area contributed by atoms with Crippen LogP contribution in [0.2, 0.25) is 5.02 Å². The first-order chi connectivity index (χ1) is 13.4. The maximum Gasteiger partial charge on any atom is 0.225 e. The van der Waals surface area contributed by atoms with E-state index in [9.17, 15) is 4.79 Å². The van der Waals surface area contributed by atoms with Crippen molar-refractivity contribution in [2.75, 3.05) is 18.0 Å². The second-order valence-electron chi connectivity index (χ2n) is 7.57. The number of amides is 1. The minimum Gasteiger partial charge on any atom is -0.354 e. The lowest BCUT2D eigenvalue weighted by Gasteiger charge is -2.32. The molecule has 0 spiro atoms. The molecular formula is C20H24ClN5OS. The van der Waals surface area contributed by atoms with E-state index >= 15 is 0 Å². The number of aromatic nitrogens is 3. The van der Waals surface area contributed by atoms with Crippen LogP contribution in [0.3, 0.4) is 0 Å². The highest BCUT2D eigenvalue weighted by Crippen LogP contribution is 2.34. The van der Waals surface area contributed by atoms with Crippen molar-refractivity contribution in [1.29, 1.82) is 0 Å². The van der Waals surface area contributed by atoms with Crippen LogP contribution in [0.4, 0.5) is 5.13 Å². The van der Waals surface area contributed by atoms with Crippen molar-refractivity contribution in [3.63, 3.8) is 0 Å². The number of nitrogens with zero attached hydrogens (tertiary/aromatic N) is 4. The Kier molecular flexibility index (Phi) is 5.29. The molecule has 0 radical (unpaired) electrons. The number of carbonyl (C=O) groups is 1. The molecule has 1 unspecified atom stereocenters. The van der Waals surface area contributed by atoms with Gasteiger partial charge >= 0.3 is 0 Å². The van der Waals surface area contributed by atoms with E-state index in [4.69, 9.17) is 16.6 Å². The third kappa shape index (κ3) is 3.73. The van der Waals surface area contributed by atoms with Gasteiger partial charge in [-0.15, -0.1) is 0 Å². The van der Waals surface area contributed by atoms with Gasteiger partial charge in [0.1, 0.15) is 0 Å². The molecular weight excluding hydrogens is 394 g/mol. The summed E-state index contributed by atoms with van der Waals surface area (Å²) in [6.07, 6.45) is 1.92. The first-order valence-corrected chi connectivity index (χ1v) is 10.8. The van der Waals surface area contributed by atoms with E-state index in [1.165, 1.54) is 0 Å². The Labute approximate surface area is 173 Å². The number of nitrogens with one attached hydrogen (secondary N) is 1. The van der Waals surface area contributed by atoms with Gasteiger partial charge in [-0.2, -0.15) is 10.1 Å². The Hall–Kier alpha value is -2.12. The average molecular weight is 418 g/mol. The van der Waals surface area contributed by atoms with Crippen LogP contribution in [-0.4, -0.2) is 39.8 Å². The molecule has 4 rings (SSSR count). The zero-order valence-electron chi connectivity index (χ0n) is 16.3. The number of fused-ring (bicyclic) bond motifs is 1. The summed E-state index contributed by atoms with van der Waals surface area (Å²) < 4.78 is 2.95. The molecule has 1 aliphatic rings. The van der Waals surface area contributed by atoms with E-state index in [1.807, 2.05) is 49.7 Å². The summed E-state index contributed by atoms with van der Waals surface area (Å²) in [5.41, 5.74) is 2.75. The normalized spacial score (nSPS) is 17.5. The fourth-order valence-corrected chi connectivity index (χ4v) is 4.74.